The molecule has 0 saturated carbocycles. The van der Waals surface area contributed by atoms with Crippen LogP contribution in [0.4, 0.5) is 5.69 Å². The highest BCUT2D eigenvalue weighted by atomic mass is 79.9. The van der Waals surface area contributed by atoms with Gasteiger partial charge in [0.1, 0.15) is 0 Å². The van der Waals surface area contributed by atoms with E-state index in [1.807, 2.05) is 17.4 Å². The van der Waals surface area contributed by atoms with Crippen LogP contribution in [0.25, 0.3) is 0 Å². The Morgan fingerprint density at radius 3 is 2.95 bits per heavy atom. The van der Waals surface area contributed by atoms with Crippen molar-refractivity contribution in [3.8, 4) is 0 Å². The van der Waals surface area contributed by atoms with E-state index in [-0.39, 0.29) is 0 Å². The molecular formula is C15H16BrNOS. The number of aliphatic hydroxyl groups excluding tert-OH is 1. The van der Waals surface area contributed by atoms with Crippen molar-refractivity contribution < 1.29 is 5.11 Å². The molecule has 19 heavy (non-hydrogen) atoms. The third-order valence-corrected chi connectivity index (χ3v) is 5.32. The monoisotopic (exact) mass is 337 g/mol. The fraction of sp³-hybridized carbons (Fsp3) is 0.333. The van der Waals surface area contributed by atoms with Crippen LogP contribution in [-0.4, -0.2) is 11.7 Å². The molecule has 1 aliphatic heterocycles. The van der Waals surface area contributed by atoms with Gasteiger partial charge < -0.3 is 10.0 Å². The van der Waals surface area contributed by atoms with Crippen LogP contribution >= 0.6 is 27.3 Å². The van der Waals surface area contributed by atoms with Crippen LogP contribution in [0.5, 0.6) is 0 Å². The molecule has 1 unspecified atom stereocenters. The van der Waals surface area contributed by atoms with E-state index in [0.29, 0.717) is 0 Å². The summed E-state index contributed by atoms with van der Waals surface area (Å²) in [7, 11) is 0. The standard InChI is InChI=1S/C15H16BrNOS/c1-10(18)13-3-2-12(8-14(13)16)17-6-4-15-11(9-17)5-7-19-15/h2-3,5,7-8,10,18H,4,6,9H2,1H3. The molecule has 0 bridgehead atoms. The lowest BCUT2D eigenvalue weighted by atomic mass is 10.1. The van der Waals surface area contributed by atoms with Crippen molar-refractivity contribution in [2.24, 2.45) is 0 Å². The van der Waals surface area contributed by atoms with E-state index in [0.717, 1.165) is 29.5 Å². The highest BCUT2D eigenvalue weighted by molar-refractivity contribution is 9.10. The fourth-order valence-electron chi connectivity index (χ4n) is 2.52. The van der Waals surface area contributed by atoms with E-state index < -0.39 is 6.10 Å². The SMILES string of the molecule is CC(O)c1ccc(N2CCc3sccc3C2)cc1Br. The first-order valence-corrected chi connectivity index (χ1v) is 8.10. The van der Waals surface area contributed by atoms with Gasteiger partial charge in [-0.1, -0.05) is 22.0 Å². The second-order valence-electron chi connectivity index (χ2n) is 4.92. The zero-order chi connectivity index (χ0) is 13.4. The number of rotatable bonds is 2. The van der Waals surface area contributed by atoms with Gasteiger partial charge in [0, 0.05) is 28.1 Å². The van der Waals surface area contributed by atoms with Crippen LogP contribution < -0.4 is 4.90 Å². The van der Waals surface area contributed by atoms with E-state index in [9.17, 15) is 5.11 Å². The van der Waals surface area contributed by atoms with Crippen molar-refractivity contribution in [3.63, 3.8) is 0 Å². The Morgan fingerprint density at radius 1 is 1.37 bits per heavy atom. The van der Waals surface area contributed by atoms with E-state index in [1.54, 1.807) is 6.92 Å². The van der Waals surface area contributed by atoms with Gasteiger partial charge in [0.25, 0.3) is 0 Å². The van der Waals surface area contributed by atoms with Gasteiger partial charge in [0.15, 0.2) is 0 Å². The predicted molar refractivity (Wildman–Crippen MR) is 83.8 cm³/mol. The second-order valence-corrected chi connectivity index (χ2v) is 6.78. The number of nitrogens with zero attached hydrogens (tertiary/aromatic N) is 1. The van der Waals surface area contributed by atoms with Gasteiger partial charge in [-0.2, -0.15) is 0 Å². The molecule has 3 rings (SSSR count). The number of benzene rings is 1. The Kier molecular flexibility index (Phi) is 3.65. The van der Waals surface area contributed by atoms with E-state index in [2.05, 4.69) is 44.4 Å². The summed E-state index contributed by atoms with van der Waals surface area (Å²) >= 11 is 5.42. The first kappa shape index (κ1) is 13.2. The molecule has 1 aliphatic rings. The summed E-state index contributed by atoms with van der Waals surface area (Å²) in [5.74, 6) is 0. The molecule has 2 aromatic rings. The first-order valence-electron chi connectivity index (χ1n) is 6.43. The summed E-state index contributed by atoms with van der Waals surface area (Å²) < 4.78 is 0.983. The number of hydrogen-bond donors (Lipinski definition) is 1. The Balaban J connectivity index is 1.86. The van der Waals surface area contributed by atoms with Crippen molar-refractivity contribution >= 4 is 33.0 Å². The lowest BCUT2D eigenvalue weighted by Gasteiger charge is -2.29. The zero-order valence-corrected chi connectivity index (χ0v) is 13.2. The summed E-state index contributed by atoms with van der Waals surface area (Å²) in [6.07, 6.45) is 0.691. The molecule has 0 radical (unpaired) electrons. The van der Waals surface area contributed by atoms with Gasteiger partial charge in [0.05, 0.1) is 6.10 Å². The van der Waals surface area contributed by atoms with E-state index in [4.69, 9.17) is 0 Å². The fourth-order valence-corrected chi connectivity index (χ4v) is 4.11. The van der Waals surface area contributed by atoms with Gasteiger partial charge >= 0.3 is 0 Å². The molecular weight excluding hydrogens is 322 g/mol. The van der Waals surface area contributed by atoms with Gasteiger partial charge in [-0.15, -0.1) is 11.3 Å². The average molecular weight is 338 g/mol. The van der Waals surface area contributed by atoms with Crippen molar-refractivity contribution in [2.75, 3.05) is 11.4 Å². The molecule has 0 aliphatic carbocycles. The largest absolute Gasteiger partial charge is 0.389 e. The summed E-state index contributed by atoms with van der Waals surface area (Å²) in [6.45, 7) is 3.84. The maximum Gasteiger partial charge on any atom is 0.0772 e. The molecule has 100 valence electrons. The van der Waals surface area contributed by atoms with Crippen LogP contribution in [0, 0.1) is 0 Å². The normalized spacial score (nSPS) is 16.3. The Hall–Kier alpha value is -0.840. The lowest BCUT2D eigenvalue weighted by molar-refractivity contribution is 0.198. The number of anilines is 1. The van der Waals surface area contributed by atoms with Gasteiger partial charge in [-0.25, -0.2) is 0 Å². The minimum absolute atomic E-state index is 0.437. The number of thiophene rings is 1. The van der Waals surface area contributed by atoms with Crippen molar-refractivity contribution in [3.05, 3.63) is 50.1 Å². The summed E-state index contributed by atoms with van der Waals surface area (Å²) in [5.41, 5.74) is 3.61. The minimum Gasteiger partial charge on any atom is -0.389 e. The van der Waals surface area contributed by atoms with Gasteiger partial charge in [0.2, 0.25) is 0 Å². The molecule has 0 amide bonds. The number of fused-ring (bicyclic) bond motifs is 1. The number of halogens is 1. The second kappa shape index (κ2) is 5.27. The highest BCUT2D eigenvalue weighted by Gasteiger charge is 2.18. The molecule has 0 saturated heterocycles. The van der Waals surface area contributed by atoms with Gasteiger partial charge in [-0.3, -0.25) is 0 Å². The molecule has 1 atom stereocenters. The highest BCUT2D eigenvalue weighted by Crippen LogP contribution is 2.32. The van der Waals surface area contributed by atoms with Crippen LogP contribution in [-0.2, 0) is 13.0 Å². The summed E-state index contributed by atoms with van der Waals surface area (Å²) in [4.78, 5) is 3.92. The Labute approximate surface area is 125 Å². The van der Waals surface area contributed by atoms with Crippen LogP contribution in [0.3, 0.4) is 0 Å². The zero-order valence-electron chi connectivity index (χ0n) is 10.8. The number of hydrogen-bond acceptors (Lipinski definition) is 3. The molecule has 4 heteroatoms. The predicted octanol–water partition coefficient (Wildman–Crippen LogP) is 4.13. The first-order chi connectivity index (χ1) is 9.15. The Morgan fingerprint density at radius 2 is 2.21 bits per heavy atom. The van der Waals surface area contributed by atoms with Crippen molar-refractivity contribution in [2.45, 2.75) is 26.0 Å². The molecule has 1 N–H and O–H groups in total. The maximum absolute atomic E-state index is 9.67. The lowest BCUT2D eigenvalue weighted by Crippen LogP contribution is -2.29. The quantitative estimate of drug-likeness (QED) is 0.890. The topological polar surface area (TPSA) is 23.5 Å². The van der Waals surface area contributed by atoms with E-state index >= 15 is 0 Å². The molecule has 0 fully saturated rings. The summed E-state index contributed by atoms with van der Waals surface area (Å²) in [6, 6.07) is 8.45. The van der Waals surface area contributed by atoms with Crippen LogP contribution in [0.15, 0.2) is 34.1 Å². The average Bonchev–Trinajstić information content (AvgIpc) is 2.85. The molecule has 2 nitrogen and oxygen atoms in total. The van der Waals surface area contributed by atoms with Crippen molar-refractivity contribution in [1.29, 1.82) is 0 Å². The molecule has 0 spiro atoms. The van der Waals surface area contributed by atoms with Crippen LogP contribution in [0.2, 0.25) is 0 Å². The van der Waals surface area contributed by atoms with E-state index in [1.165, 1.54) is 16.1 Å². The third-order valence-electron chi connectivity index (χ3n) is 3.61. The van der Waals surface area contributed by atoms with Crippen molar-refractivity contribution in [1.82, 2.24) is 0 Å². The Bertz CT molecular complexity index is 594. The van der Waals surface area contributed by atoms with Crippen LogP contribution in [0.1, 0.15) is 29.0 Å². The third kappa shape index (κ3) is 2.57. The minimum atomic E-state index is -0.437. The molecule has 1 aromatic carbocycles. The number of aliphatic hydroxyl groups is 1. The smallest absolute Gasteiger partial charge is 0.0772 e. The maximum atomic E-state index is 9.67. The molecule has 1 aromatic heterocycles. The van der Waals surface area contributed by atoms with Gasteiger partial charge in [-0.05, 0) is 48.1 Å². The summed E-state index contributed by atoms with van der Waals surface area (Å²) in [5, 5.41) is 11.8. The molecule has 2 heterocycles.